The highest BCUT2D eigenvalue weighted by Crippen LogP contribution is 2.28. The summed E-state index contributed by atoms with van der Waals surface area (Å²) in [7, 11) is 1.55. The number of methoxy groups -OCH3 is 1. The molecule has 6 nitrogen and oxygen atoms in total. The van der Waals surface area contributed by atoms with Crippen LogP contribution in [0.15, 0.2) is 54.9 Å². The molecule has 1 heterocycles. The van der Waals surface area contributed by atoms with Gasteiger partial charge in [0.05, 0.1) is 17.7 Å². The highest BCUT2D eigenvalue weighted by atomic mass is 35.5. The van der Waals surface area contributed by atoms with Crippen molar-refractivity contribution in [1.82, 2.24) is 9.97 Å². The number of aryl methyl sites for hydroxylation is 1. The predicted octanol–water partition coefficient (Wildman–Crippen LogP) is 4.70. The summed E-state index contributed by atoms with van der Waals surface area (Å²) in [6.45, 7) is 2.08. The number of ether oxygens (including phenoxy) is 1. The third kappa shape index (κ3) is 4.74. The second-order valence-electron chi connectivity index (χ2n) is 5.77. The van der Waals surface area contributed by atoms with Gasteiger partial charge in [0.25, 0.3) is 5.91 Å². The topological polar surface area (TPSA) is 76.1 Å². The van der Waals surface area contributed by atoms with Crippen LogP contribution in [0.25, 0.3) is 0 Å². The fourth-order valence-electron chi connectivity index (χ4n) is 2.41. The summed E-state index contributed by atoms with van der Waals surface area (Å²) >= 11 is 6.10. The normalized spacial score (nSPS) is 10.3. The van der Waals surface area contributed by atoms with E-state index >= 15 is 0 Å². The van der Waals surface area contributed by atoms with Crippen LogP contribution in [0, 0.1) is 0 Å². The Morgan fingerprint density at radius 1 is 1.07 bits per heavy atom. The van der Waals surface area contributed by atoms with Crippen LogP contribution in [-0.4, -0.2) is 23.0 Å². The van der Waals surface area contributed by atoms with E-state index in [0.717, 1.165) is 12.1 Å². The SMILES string of the molecule is CCc1ccc(NC(=O)c2cnc(Nc3ccc(OC)c(Cl)c3)nc2)cc1. The van der Waals surface area contributed by atoms with Crippen LogP contribution in [0.3, 0.4) is 0 Å². The van der Waals surface area contributed by atoms with E-state index in [-0.39, 0.29) is 5.91 Å². The third-order valence-electron chi connectivity index (χ3n) is 3.94. The molecule has 0 aliphatic rings. The lowest BCUT2D eigenvalue weighted by Crippen LogP contribution is -2.13. The Labute approximate surface area is 162 Å². The fourth-order valence-corrected chi connectivity index (χ4v) is 2.67. The van der Waals surface area contributed by atoms with Crippen LogP contribution >= 0.6 is 11.6 Å². The van der Waals surface area contributed by atoms with Gasteiger partial charge in [-0.1, -0.05) is 30.7 Å². The van der Waals surface area contributed by atoms with Crippen LogP contribution in [0.4, 0.5) is 17.3 Å². The van der Waals surface area contributed by atoms with Gasteiger partial charge in [0.15, 0.2) is 0 Å². The number of hydrogen-bond donors (Lipinski definition) is 2. The van der Waals surface area contributed by atoms with Gasteiger partial charge in [0.2, 0.25) is 5.95 Å². The van der Waals surface area contributed by atoms with E-state index in [4.69, 9.17) is 16.3 Å². The van der Waals surface area contributed by atoms with Crippen molar-refractivity contribution in [3.8, 4) is 5.75 Å². The van der Waals surface area contributed by atoms with Crippen LogP contribution < -0.4 is 15.4 Å². The number of anilines is 3. The molecule has 0 saturated carbocycles. The van der Waals surface area contributed by atoms with Crippen LogP contribution in [0.2, 0.25) is 5.02 Å². The molecule has 0 spiro atoms. The number of halogens is 1. The number of carbonyl (C=O) groups excluding carboxylic acids is 1. The summed E-state index contributed by atoms with van der Waals surface area (Å²) in [4.78, 5) is 20.7. The summed E-state index contributed by atoms with van der Waals surface area (Å²) in [6, 6.07) is 13.0. The zero-order chi connectivity index (χ0) is 19.2. The van der Waals surface area contributed by atoms with Gasteiger partial charge < -0.3 is 15.4 Å². The maximum absolute atomic E-state index is 12.3. The Hall–Kier alpha value is -3.12. The Bertz CT molecular complexity index is 928. The van der Waals surface area contributed by atoms with E-state index in [9.17, 15) is 4.79 Å². The predicted molar refractivity (Wildman–Crippen MR) is 107 cm³/mol. The number of carbonyl (C=O) groups is 1. The lowest BCUT2D eigenvalue weighted by atomic mass is 10.1. The molecular weight excluding hydrogens is 364 g/mol. The molecule has 0 radical (unpaired) electrons. The van der Waals surface area contributed by atoms with Crippen LogP contribution in [0.1, 0.15) is 22.8 Å². The molecule has 2 N–H and O–H groups in total. The summed E-state index contributed by atoms with van der Waals surface area (Å²) < 4.78 is 5.12. The number of aromatic nitrogens is 2. The minimum Gasteiger partial charge on any atom is -0.495 e. The van der Waals surface area contributed by atoms with Crippen molar-refractivity contribution in [1.29, 1.82) is 0 Å². The minimum atomic E-state index is -0.265. The molecule has 0 aliphatic heterocycles. The van der Waals surface area contributed by atoms with Crippen molar-refractivity contribution < 1.29 is 9.53 Å². The molecule has 0 fully saturated rings. The first-order valence-electron chi connectivity index (χ1n) is 8.42. The average Bonchev–Trinajstić information content (AvgIpc) is 2.69. The molecule has 1 aromatic heterocycles. The maximum Gasteiger partial charge on any atom is 0.258 e. The van der Waals surface area contributed by atoms with E-state index in [1.165, 1.54) is 18.0 Å². The smallest absolute Gasteiger partial charge is 0.258 e. The van der Waals surface area contributed by atoms with Crippen molar-refractivity contribution in [2.75, 3.05) is 17.7 Å². The molecule has 1 amide bonds. The standard InChI is InChI=1S/C20H19ClN4O2/c1-3-13-4-6-15(7-5-13)24-19(26)14-11-22-20(23-12-14)25-16-8-9-18(27-2)17(21)10-16/h4-12H,3H2,1-2H3,(H,24,26)(H,22,23,25). The first-order valence-corrected chi connectivity index (χ1v) is 8.79. The Morgan fingerprint density at radius 2 is 1.74 bits per heavy atom. The first-order chi connectivity index (χ1) is 13.1. The monoisotopic (exact) mass is 382 g/mol. The molecule has 0 unspecified atom stereocenters. The van der Waals surface area contributed by atoms with Gasteiger partial charge in [-0.05, 0) is 42.3 Å². The molecule has 3 rings (SSSR count). The first kappa shape index (κ1) is 18.7. The molecule has 2 aromatic carbocycles. The van der Waals surface area contributed by atoms with Crippen molar-refractivity contribution in [2.45, 2.75) is 13.3 Å². The summed E-state index contributed by atoms with van der Waals surface area (Å²) in [6.07, 6.45) is 3.89. The van der Waals surface area contributed by atoms with E-state index in [2.05, 4.69) is 27.5 Å². The zero-order valence-corrected chi connectivity index (χ0v) is 15.7. The molecule has 27 heavy (non-hydrogen) atoms. The van der Waals surface area contributed by atoms with E-state index < -0.39 is 0 Å². The van der Waals surface area contributed by atoms with Gasteiger partial charge in [-0.3, -0.25) is 4.79 Å². The fraction of sp³-hybridized carbons (Fsp3) is 0.150. The second-order valence-corrected chi connectivity index (χ2v) is 6.18. The summed E-state index contributed by atoms with van der Waals surface area (Å²) in [5, 5.41) is 6.34. The Balaban J connectivity index is 1.65. The lowest BCUT2D eigenvalue weighted by Gasteiger charge is -2.09. The molecule has 0 bridgehead atoms. The van der Waals surface area contributed by atoms with Gasteiger partial charge in [0, 0.05) is 23.8 Å². The maximum atomic E-state index is 12.3. The number of benzene rings is 2. The van der Waals surface area contributed by atoms with Gasteiger partial charge >= 0.3 is 0 Å². The highest BCUT2D eigenvalue weighted by Gasteiger charge is 2.09. The van der Waals surface area contributed by atoms with E-state index in [1.807, 2.05) is 24.3 Å². The van der Waals surface area contributed by atoms with Gasteiger partial charge in [-0.15, -0.1) is 0 Å². The largest absolute Gasteiger partial charge is 0.495 e. The van der Waals surface area contributed by atoms with Crippen LogP contribution in [-0.2, 0) is 6.42 Å². The number of rotatable bonds is 6. The average molecular weight is 383 g/mol. The summed E-state index contributed by atoms with van der Waals surface area (Å²) in [5.74, 6) is 0.681. The van der Waals surface area contributed by atoms with Crippen molar-refractivity contribution in [3.05, 3.63) is 71.0 Å². The molecule has 3 aromatic rings. The van der Waals surface area contributed by atoms with E-state index in [1.54, 1.807) is 25.3 Å². The van der Waals surface area contributed by atoms with Gasteiger partial charge in [-0.2, -0.15) is 0 Å². The highest BCUT2D eigenvalue weighted by molar-refractivity contribution is 6.32. The van der Waals surface area contributed by atoms with Gasteiger partial charge in [0.1, 0.15) is 5.75 Å². The summed E-state index contributed by atoms with van der Waals surface area (Å²) in [5.41, 5.74) is 3.03. The minimum absolute atomic E-state index is 0.265. The second kappa shape index (κ2) is 8.51. The quantitative estimate of drug-likeness (QED) is 0.646. The third-order valence-corrected chi connectivity index (χ3v) is 4.24. The number of nitrogens with one attached hydrogen (secondary N) is 2. The Morgan fingerprint density at radius 3 is 2.33 bits per heavy atom. The lowest BCUT2D eigenvalue weighted by molar-refractivity contribution is 0.102. The number of nitrogens with zero attached hydrogens (tertiary/aromatic N) is 2. The molecular formula is C20H19ClN4O2. The number of amides is 1. The molecule has 0 saturated heterocycles. The van der Waals surface area contributed by atoms with Crippen molar-refractivity contribution in [3.63, 3.8) is 0 Å². The van der Waals surface area contributed by atoms with Crippen molar-refractivity contribution in [2.24, 2.45) is 0 Å². The molecule has 138 valence electrons. The van der Waals surface area contributed by atoms with Crippen molar-refractivity contribution >= 4 is 34.8 Å². The molecule has 0 atom stereocenters. The van der Waals surface area contributed by atoms with Crippen LogP contribution in [0.5, 0.6) is 5.75 Å². The van der Waals surface area contributed by atoms with E-state index in [0.29, 0.717) is 28.0 Å². The Kier molecular flexibility index (Phi) is 5.88. The molecule has 7 heteroatoms. The number of hydrogen-bond acceptors (Lipinski definition) is 5. The zero-order valence-electron chi connectivity index (χ0n) is 15.0. The molecule has 0 aliphatic carbocycles. The van der Waals surface area contributed by atoms with Gasteiger partial charge in [-0.25, -0.2) is 9.97 Å².